The quantitative estimate of drug-likeness (QED) is 0.846. The summed E-state index contributed by atoms with van der Waals surface area (Å²) in [7, 11) is 0. The van der Waals surface area contributed by atoms with E-state index in [1.54, 1.807) is 0 Å². The van der Waals surface area contributed by atoms with Crippen molar-refractivity contribution in [2.24, 2.45) is 0 Å². The molecule has 0 saturated carbocycles. The summed E-state index contributed by atoms with van der Waals surface area (Å²) < 4.78 is 5.73. The number of fused-ring (bicyclic) bond motifs is 1. The second-order valence-electron chi connectivity index (χ2n) is 6.61. The molecule has 25 heavy (non-hydrogen) atoms. The topological polar surface area (TPSA) is 32.8 Å². The summed E-state index contributed by atoms with van der Waals surface area (Å²) in [6.07, 6.45) is 1.97. The van der Waals surface area contributed by atoms with Crippen molar-refractivity contribution >= 4 is 17.7 Å². The molecule has 2 aliphatic heterocycles. The Morgan fingerprint density at radius 2 is 1.80 bits per heavy atom. The highest BCUT2D eigenvalue weighted by Crippen LogP contribution is 2.27. The maximum atomic E-state index is 12.8. The van der Waals surface area contributed by atoms with Gasteiger partial charge in [-0.3, -0.25) is 4.79 Å². The van der Waals surface area contributed by atoms with Crippen molar-refractivity contribution in [1.82, 2.24) is 4.90 Å². The van der Waals surface area contributed by atoms with Gasteiger partial charge in [-0.05, 0) is 36.8 Å². The van der Waals surface area contributed by atoms with Crippen LogP contribution in [0.2, 0.25) is 0 Å². The van der Waals surface area contributed by atoms with Crippen LogP contribution in [0.1, 0.15) is 11.1 Å². The summed E-state index contributed by atoms with van der Waals surface area (Å²) in [5.74, 6) is 0.946. The average Bonchev–Trinajstić information content (AvgIpc) is 2.67. The lowest BCUT2D eigenvalue weighted by atomic mass is 10.1. The maximum Gasteiger partial charge on any atom is 0.253 e. The first kappa shape index (κ1) is 15.8. The fourth-order valence-corrected chi connectivity index (χ4v) is 3.44. The molecule has 4 rings (SSSR count). The Morgan fingerprint density at radius 1 is 1.00 bits per heavy atom. The Kier molecular flexibility index (Phi) is 4.18. The second-order valence-corrected chi connectivity index (χ2v) is 6.61. The summed E-state index contributed by atoms with van der Waals surface area (Å²) in [5.41, 5.74) is 4.22. The standard InChI is InChI=1S/C21H22N2O2/c1-16-5-4-7-19(13-16)22-9-11-23(12-10-22)21(24)18-14-17-6-2-3-8-20(17)25-15-18/h2-8,13-14H,9-12,15H2,1H3. The molecule has 2 aliphatic rings. The average molecular weight is 334 g/mol. The number of piperazine rings is 1. The van der Waals surface area contributed by atoms with Crippen molar-refractivity contribution in [3.63, 3.8) is 0 Å². The minimum absolute atomic E-state index is 0.0957. The molecule has 2 heterocycles. The number of ether oxygens (including phenoxy) is 1. The number of carbonyl (C=O) groups excluding carboxylic acids is 1. The SMILES string of the molecule is Cc1cccc(N2CCN(C(=O)C3=Cc4ccccc4OC3)CC2)c1. The van der Waals surface area contributed by atoms with Crippen LogP contribution in [0.15, 0.2) is 54.1 Å². The first-order chi connectivity index (χ1) is 12.2. The number of nitrogens with zero attached hydrogens (tertiary/aromatic N) is 2. The van der Waals surface area contributed by atoms with Gasteiger partial charge < -0.3 is 14.5 Å². The summed E-state index contributed by atoms with van der Waals surface area (Å²) in [4.78, 5) is 17.1. The van der Waals surface area contributed by atoms with Gasteiger partial charge in [0.15, 0.2) is 0 Å². The zero-order valence-electron chi connectivity index (χ0n) is 14.4. The van der Waals surface area contributed by atoms with Gasteiger partial charge in [-0.1, -0.05) is 30.3 Å². The number of aryl methyl sites for hydroxylation is 1. The van der Waals surface area contributed by atoms with Gasteiger partial charge in [-0.2, -0.15) is 0 Å². The normalized spacial score (nSPS) is 16.8. The molecule has 0 radical (unpaired) electrons. The molecule has 0 unspecified atom stereocenters. The van der Waals surface area contributed by atoms with E-state index in [0.29, 0.717) is 6.61 Å². The molecule has 0 spiro atoms. The molecule has 4 heteroatoms. The van der Waals surface area contributed by atoms with Gasteiger partial charge in [-0.15, -0.1) is 0 Å². The monoisotopic (exact) mass is 334 g/mol. The number of hydrogen-bond acceptors (Lipinski definition) is 3. The predicted molar refractivity (Wildman–Crippen MR) is 99.9 cm³/mol. The van der Waals surface area contributed by atoms with Gasteiger partial charge >= 0.3 is 0 Å². The molecule has 0 atom stereocenters. The summed E-state index contributed by atoms with van der Waals surface area (Å²) in [5, 5.41) is 0. The van der Waals surface area contributed by atoms with Crippen LogP contribution in [-0.2, 0) is 4.79 Å². The third-order valence-electron chi connectivity index (χ3n) is 4.84. The highest BCUT2D eigenvalue weighted by atomic mass is 16.5. The molecular formula is C21H22N2O2. The molecular weight excluding hydrogens is 312 g/mol. The van der Waals surface area contributed by atoms with Crippen LogP contribution in [0, 0.1) is 6.92 Å². The second kappa shape index (κ2) is 6.63. The van der Waals surface area contributed by atoms with E-state index in [9.17, 15) is 4.79 Å². The Bertz CT molecular complexity index is 820. The molecule has 2 aromatic rings. The van der Waals surface area contributed by atoms with Gasteiger partial charge in [0.2, 0.25) is 0 Å². The van der Waals surface area contributed by atoms with E-state index in [0.717, 1.165) is 43.1 Å². The highest BCUT2D eigenvalue weighted by Gasteiger charge is 2.25. The summed E-state index contributed by atoms with van der Waals surface area (Å²) in [6.45, 7) is 5.67. The summed E-state index contributed by atoms with van der Waals surface area (Å²) >= 11 is 0. The fraction of sp³-hybridized carbons (Fsp3) is 0.286. The smallest absolute Gasteiger partial charge is 0.253 e. The molecule has 4 nitrogen and oxygen atoms in total. The van der Waals surface area contributed by atoms with Gasteiger partial charge in [0.05, 0.1) is 5.57 Å². The predicted octanol–water partition coefficient (Wildman–Crippen LogP) is 3.12. The molecule has 0 N–H and O–H groups in total. The van der Waals surface area contributed by atoms with Crippen LogP contribution < -0.4 is 9.64 Å². The van der Waals surface area contributed by atoms with Crippen molar-refractivity contribution in [1.29, 1.82) is 0 Å². The molecule has 1 fully saturated rings. The van der Waals surface area contributed by atoms with Crippen molar-refractivity contribution in [3.8, 4) is 5.75 Å². The van der Waals surface area contributed by atoms with Crippen LogP contribution in [0.4, 0.5) is 5.69 Å². The van der Waals surface area contributed by atoms with Gasteiger partial charge in [0.25, 0.3) is 5.91 Å². The number of benzene rings is 2. The lowest BCUT2D eigenvalue weighted by Gasteiger charge is -2.37. The largest absolute Gasteiger partial charge is 0.488 e. The van der Waals surface area contributed by atoms with E-state index in [-0.39, 0.29) is 5.91 Å². The van der Waals surface area contributed by atoms with Crippen molar-refractivity contribution in [3.05, 3.63) is 65.2 Å². The van der Waals surface area contributed by atoms with Gasteiger partial charge in [0, 0.05) is 37.4 Å². The first-order valence-corrected chi connectivity index (χ1v) is 8.74. The summed E-state index contributed by atoms with van der Waals surface area (Å²) in [6, 6.07) is 16.4. The number of amides is 1. The number of para-hydroxylation sites is 1. The number of hydrogen-bond donors (Lipinski definition) is 0. The van der Waals surface area contributed by atoms with E-state index in [1.165, 1.54) is 11.3 Å². The molecule has 0 aliphatic carbocycles. The molecule has 1 saturated heterocycles. The molecule has 1 amide bonds. The molecule has 0 bridgehead atoms. The van der Waals surface area contributed by atoms with E-state index in [2.05, 4.69) is 36.1 Å². The van der Waals surface area contributed by atoms with Gasteiger partial charge in [0.1, 0.15) is 12.4 Å². The van der Waals surface area contributed by atoms with E-state index < -0.39 is 0 Å². The number of rotatable bonds is 2. The Balaban J connectivity index is 1.43. The minimum Gasteiger partial charge on any atom is -0.488 e. The van der Waals surface area contributed by atoms with Crippen LogP contribution in [-0.4, -0.2) is 43.6 Å². The third kappa shape index (κ3) is 3.25. The zero-order chi connectivity index (χ0) is 17.2. The van der Waals surface area contributed by atoms with Crippen molar-refractivity contribution in [2.45, 2.75) is 6.92 Å². The maximum absolute atomic E-state index is 12.8. The van der Waals surface area contributed by atoms with Gasteiger partial charge in [-0.25, -0.2) is 0 Å². The zero-order valence-corrected chi connectivity index (χ0v) is 14.4. The molecule has 2 aromatic carbocycles. The van der Waals surface area contributed by atoms with E-state index >= 15 is 0 Å². The third-order valence-corrected chi connectivity index (χ3v) is 4.84. The van der Waals surface area contributed by atoms with Crippen LogP contribution in [0.5, 0.6) is 5.75 Å². The minimum atomic E-state index is 0.0957. The van der Waals surface area contributed by atoms with Crippen molar-refractivity contribution < 1.29 is 9.53 Å². The molecule has 128 valence electrons. The van der Waals surface area contributed by atoms with Crippen LogP contribution >= 0.6 is 0 Å². The van der Waals surface area contributed by atoms with E-state index in [1.807, 2.05) is 35.2 Å². The Morgan fingerprint density at radius 3 is 2.60 bits per heavy atom. The van der Waals surface area contributed by atoms with Crippen LogP contribution in [0.3, 0.4) is 0 Å². The first-order valence-electron chi connectivity index (χ1n) is 8.74. The lowest BCUT2D eigenvalue weighted by molar-refractivity contribution is -0.127. The van der Waals surface area contributed by atoms with E-state index in [4.69, 9.17) is 4.74 Å². The Hall–Kier alpha value is -2.75. The molecule has 0 aromatic heterocycles. The number of anilines is 1. The number of carbonyl (C=O) groups is 1. The van der Waals surface area contributed by atoms with Crippen LogP contribution in [0.25, 0.3) is 6.08 Å². The lowest BCUT2D eigenvalue weighted by Crippen LogP contribution is -2.49. The fourth-order valence-electron chi connectivity index (χ4n) is 3.44. The highest BCUT2D eigenvalue weighted by molar-refractivity contribution is 5.99. The van der Waals surface area contributed by atoms with Crippen molar-refractivity contribution in [2.75, 3.05) is 37.7 Å². The Labute approximate surface area is 148 Å².